The first-order valence-corrected chi connectivity index (χ1v) is 8.08. The lowest BCUT2D eigenvalue weighted by atomic mass is 9.89. The predicted octanol–water partition coefficient (Wildman–Crippen LogP) is 0.975. The van der Waals surface area contributed by atoms with Gasteiger partial charge in [-0.3, -0.25) is 9.35 Å². The fraction of sp³-hybridized carbons (Fsp3) is 0.900. The van der Waals surface area contributed by atoms with Gasteiger partial charge in [0.15, 0.2) is 0 Å². The largest absolute Gasteiger partial charge is 0.396 e. The number of carbonyl (C=O) groups is 1. The Morgan fingerprint density at radius 2 is 1.88 bits per heavy atom. The van der Waals surface area contributed by atoms with Crippen LogP contribution in [-0.4, -0.2) is 47.7 Å². The van der Waals surface area contributed by atoms with E-state index in [1.807, 2.05) is 0 Å². The average Bonchev–Trinajstić information content (AvgIpc) is 2.07. The van der Waals surface area contributed by atoms with Gasteiger partial charge in [-0.15, -0.1) is 0 Å². The van der Waals surface area contributed by atoms with Crippen molar-refractivity contribution in [1.29, 1.82) is 0 Å². The van der Waals surface area contributed by atoms with Crippen LogP contribution in [0.4, 0.5) is 0 Å². The summed E-state index contributed by atoms with van der Waals surface area (Å²) in [5.74, 6) is 0.794. The number of aliphatic hydroxyl groups is 1. The monoisotopic (exact) mass is 284 g/mol. The Morgan fingerprint density at radius 3 is 2.35 bits per heavy atom. The van der Waals surface area contributed by atoms with Gasteiger partial charge in [0, 0.05) is 24.3 Å². The zero-order valence-corrected chi connectivity index (χ0v) is 11.8. The number of ketones is 1. The van der Waals surface area contributed by atoms with Gasteiger partial charge in [0.25, 0.3) is 10.1 Å². The van der Waals surface area contributed by atoms with E-state index in [1.54, 1.807) is 13.8 Å². The normalized spacial score (nSPS) is 12.7. The zero-order chi connectivity index (χ0) is 13.5. The van der Waals surface area contributed by atoms with E-state index in [9.17, 15) is 13.2 Å². The number of hydrogen-bond acceptors (Lipinski definition) is 5. The van der Waals surface area contributed by atoms with Crippen molar-refractivity contribution in [1.82, 2.24) is 0 Å². The molecule has 0 unspecified atom stereocenters. The third-order valence-corrected chi connectivity index (χ3v) is 4.12. The molecule has 5 nitrogen and oxygen atoms in total. The van der Waals surface area contributed by atoms with E-state index in [2.05, 4.69) is 0 Å². The maximum absolute atomic E-state index is 11.6. The van der Waals surface area contributed by atoms with Crippen molar-refractivity contribution < 1.29 is 22.9 Å². The molecule has 0 radical (unpaired) electrons. The van der Waals surface area contributed by atoms with Gasteiger partial charge in [0.05, 0.1) is 12.4 Å². The van der Waals surface area contributed by atoms with E-state index < -0.39 is 21.3 Å². The number of thioether (sulfide) groups is 1. The number of Topliss-reactive ketones (excluding diaryl/α,β-unsaturated/α-hetero) is 1. The molecule has 0 aromatic carbocycles. The summed E-state index contributed by atoms with van der Waals surface area (Å²) in [5, 5.41) is 8.55. The molecule has 0 spiro atoms. The summed E-state index contributed by atoms with van der Waals surface area (Å²) in [5.41, 5.74) is -0.744. The summed E-state index contributed by atoms with van der Waals surface area (Å²) in [6, 6.07) is 0. The first-order valence-electron chi connectivity index (χ1n) is 5.32. The lowest BCUT2D eigenvalue weighted by Gasteiger charge is -2.21. The minimum Gasteiger partial charge on any atom is -0.396 e. The van der Waals surface area contributed by atoms with Crippen LogP contribution in [0.1, 0.15) is 26.7 Å². The van der Waals surface area contributed by atoms with Crippen molar-refractivity contribution in [2.24, 2.45) is 5.41 Å². The van der Waals surface area contributed by atoms with Gasteiger partial charge in [-0.05, 0) is 5.41 Å². The van der Waals surface area contributed by atoms with Gasteiger partial charge >= 0.3 is 0 Å². The molecule has 0 rings (SSSR count). The highest BCUT2D eigenvalue weighted by molar-refractivity contribution is 7.99. The molecule has 7 heteroatoms. The Bertz CT molecular complexity index is 335. The molecule has 0 aliphatic rings. The smallest absolute Gasteiger partial charge is 0.265 e. The maximum atomic E-state index is 11.6. The number of carbonyl (C=O) groups excluding carboxylic acids is 1. The summed E-state index contributed by atoms with van der Waals surface area (Å²) in [6.45, 7) is 3.37. The zero-order valence-electron chi connectivity index (χ0n) is 10.2. The van der Waals surface area contributed by atoms with Crippen LogP contribution in [0.2, 0.25) is 0 Å². The van der Waals surface area contributed by atoms with E-state index in [0.717, 1.165) is 0 Å². The summed E-state index contributed by atoms with van der Waals surface area (Å²) < 4.78 is 30.2. The Labute approximate surface area is 107 Å². The second-order valence-corrected chi connectivity index (χ2v) is 7.37. The van der Waals surface area contributed by atoms with Crippen LogP contribution in [0, 0.1) is 5.41 Å². The van der Waals surface area contributed by atoms with E-state index in [4.69, 9.17) is 9.66 Å². The minimum absolute atomic E-state index is 0.0240. The molecule has 0 aromatic heterocycles. The standard InChI is InChI=1S/C10H20O5S2/c1-10(2,8-17(13,14)15)7-9(12)3-5-16-6-4-11/h11H,3-8H2,1-2H3,(H,13,14,15). The second-order valence-electron chi connectivity index (χ2n) is 4.69. The SMILES string of the molecule is CC(C)(CC(=O)CCSCCO)CS(=O)(=O)O. The molecule has 17 heavy (non-hydrogen) atoms. The Balaban J connectivity index is 4.01. The Morgan fingerprint density at radius 1 is 1.29 bits per heavy atom. The summed E-state index contributed by atoms with van der Waals surface area (Å²) in [4.78, 5) is 11.6. The molecular formula is C10H20O5S2. The Hall–Kier alpha value is -0.110. The molecule has 2 N–H and O–H groups in total. The molecule has 0 saturated carbocycles. The second kappa shape index (κ2) is 7.35. The van der Waals surface area contributed by atoms with Crippen LogP contribution in [0.25, 0.3) is 0 Å². The number of rotatable bonds is 9. The van der Waals surface area contributed by atoms with Crippen molar-refractivity contribution in [2.75, 3.05) is 23.9 Å². The van der Waals surface area contributed by atoms with Crippen LogP contribution in [0.5, 0.6) is 0 Å². The van der Waals surface area contributed by atoms with E-state index in [1.165, 1.54) is 11.8 Å². The third kappa shape index (κ3) is 10.7. The molecule has 0 aromatic rings. The number of hydrogen-bond donors (Lipinski definition) is 2. The third-order valence-electron chi connectivity index (χ3n) is 2.01. The van der Waals surface area contributed by atoms with Gasteiger partial charge in [0.2, 0.25) is 0 Å². The van der Waals surface area contributed by atoms with Crippen molar-refractivity contribution >= 4 is 27.7 Å². The van der Waals surface area contributed by atoms with Crippen molar-refractivity contribution in [3.8, 4) is 0 Å². The summed E-state index contributed by atoms with van der Waals surface area (Å²) >= 11 is 1.48. The first kappa shape index (κ1) is 16.9. The van der Waals surface area contributed by atoms with E-state index in [-0.39, 0.29) is 18.8 Å². The van der Waals surface area contributed by atoms with E-state index >= 15 is 0 Å². The lowest BCUT2D eigenvalue weighted by molar-refractivity contribution is -0.120. The average molecular weight is 284 g/mol. The fourth-order valence-corrected chi connectivity index (χ4v) is 3.31. The first-order chi connectivity index (χ1) is 7.66. The lowest BCUT2D eigenvalue weighted by Crippen LogP contribution is -2.26. The molecule has 0 bridgehead atoms. The summed E-state index contributed by atoms with van der Waals surface area (Å²) in [6.07, 6.45) is 0.492. The highest BCUT2D eigenvalue weighted by Gasteiger charge is 2.27. The highest BCUT2D eigenvalue weighted by Crippen LogP contribution is 2.23. The van der Waals surface area contributed by atoms with Crippen molar-refractivity contribution in [3.05, 3.63) is 0 Å². The quantitative estimate of drug-likeness (QED) is 0.484. The molecule has 0 aliphatic carbocycles. The minimum atomic E-state index is -4.05. The van der Waals surface area contributed by atoms with Crippen LogP contribution in [0.15, 0.2) is 0 Å². The van der Waals surface area contributed by atoms with Crippen molar-refractivity contribution in [2.45, 2.75) is 26.7 Å². The van der Waals surface area contributed by atoms with Crippen LogP contribution >= 0.6 is 11.8 Å². The molecule has 0 saturated heterocycles. The fourth-order valence-electron chi connectivity index (χ4n) is 1.52. The topological polar surface area (TPSA) is 91.7 Å². The maximum Gasteiger partial charge on any atom is 0.265 e. The molecule has 102 valence electrons. The van der Waals surface area contributed by atoms with Gasteiger partial charge in [-0.25, -0.2) is 0 Å². The highest BCUT2D eigenvalue weighted by atomic mass is 32.2. The van der Waals surface area contributed by atoms with Gasteiger partial charge in [-0.2, -0.15) is 20.2 Å². The molecule has 0 fully saturated rings. The van der Waals surface area contributed by atoms with Crippen molar-refractivity contribution in [3.63, 3.8) is 0 Å². The molecule has 0 atom stereocenters. The molecule has 0 aliphatic heterocycles. The van der Waals surface area contributed by atoms with Crippen LogP contribution in [-0.2, 0) is 14.9 Å². The summed E-state index contributed by atoms with van der Waals surface area (Å²) in [7, 11) is -4.05. The Kier molecular flexibility index (Phi) is 7.30. The van der Waals surface area contributed by atoms with E-state index in [0.29, 0.717) is 17.9 Å². The molecule has 0 amide bonds. The van der Waals surface area contributed by atoms with Crippen LogP contribution in [0.3, 0.4) is 0 Å². The van der Waals surface area contributed by atoms with Gasteiger partial charge < -0.3 is 5.11 Å². The number of aliphatic hydroxyl groups excluding tert-OH is 1. The van der Waals surface area contributed by atoms with Gasteiger partial charge in [-0.1, -0.05) is 13.8 Å². The van der Waals surface area contributed by atoms with Crippen LogP contribution < -0.4 is 0 Å². The predicted molar refractivity (Wildman–Crippen MR) is 68.8 cm³/mol. The molecular weight excluding hydrogens is 264 g/mol. The van der Waals surface area contributed by atoms with Gasteiger partial charge in [0.1, 0.15) is 5.78 Å². The molecule has 0 heterocycles.